The Morgan fingerprint density at radius 1 is 1.55 bits per heavy atom. The van der Waals surface area contributed by atoms with Crippen LogP contribution in [0.5, 0.6) is 0 Å². The van der Waals surface area contributed by atoms with Crippen LogP contribution in [-0.4, -0.2) is 45.5 Å². The van der Waals surface area contributed by atoms with Crippen LogP contribution >= 0.6 is 0 Å². The molecule has 7 heteroatoms. The van der Waals surface area contributed by atoms with Crippen molar-refractivity contribution in [2.45, 2.75) is 38.3 Å². The van der Waals surface area contributed by atoms with E-state index in [1.165, 1.54) is 4.68 Å². The zero-order valence-electron chi connectivity index (χ0n) is 11.3. The summed E-state index contributed by atoms with van der Waals surface area (Å²) in [5.74, 6) is -0.765. The first-order valence-electron chi connectivity index (χ1n) is 6.81. The maximum Gasteiger partial charge on any atom is 0.359 e. The van der Waals surface area contributed by atoms with Gasteiger partial charge in [-0.1, -0.05) is 0 Å². The number of hydrogen-bond acceptors (Lipinski definition) is 5. The summed E-state index contributed by atoms with van der Waals surface area (Å²) >= 11 is 0. The lowest BCUT2D eigenvalue weighted by atomic mass is 10.1. The molecule has 1 aromatic heterocycles. The summed E-state index contributed by atoms with van der Waals surface area (Å²) in [6.07, 6.45) is 1.93. The molecular weight excluding hydrogens is 262 g/mol. The van der Waals surface area contributed by atoms with Crippen molar-refractivity contribution < 1.29 is 19.4 Å². The topological polar surface area (TPSA) is 93.4 Å². The summed E-state index contributed by atoms with van der Waals surface area (Å²) in [5, 5.41) is 17.0. The minimum atomic E-state index is -0.788. The number of esters is 1. The van der Waals surface area contributed by atoms with Gasteiger partial charge >= 0.3 is 5.97 Å². The Labute approximate surface area is 115 Å². The second kappa shape index (κ2) is 4.59. The number of aromatic nitrogens is 2. The molecule has 20 heavy (non-hydrogen) atoms. The average Bonchev–Trinajstić information content (AvgIpc) is 3.00. The zero-order chi connectivity index (χ0) is 14.3. The van der Waals surface area contributed by atoms with Crippen LogP contribution in [0.2, 0.25) is 0 Å². The highest BCUT2D eigenvalue weighted by Crippen LogP contribution is 2.37. The third-order valence-electron chi connectivity index (χ3n) is 3.67. The Morgan fingerprint density at radius 2 is 2.30 bits per heavy atom. The molecule has 1 amide bonds. The number of hydrogen-bond donors (Lipinski definition) is 2. The molecule has 2 aliphatic rings. The molecule has 2 N–H and O–H groups in total. The number of amides is 1. The van der Waals surface area contributed by atoms with Crippen LogP contribution in [0.25, 0.3) is 0 Å². The van der Waals surface area contributed by atoms with Crippen LogP contribution in [0.1, 0.15) is 46.3 Å². The van der Waals surface area contributed by atoms with Crippen LogP contribution in [0, 0.1) is 0 Å². The fourth-order valence-corrected chi connectivity index (χ4v) is 2.43. The lowest BCUT2D eigenvalue weighted by Gasteiger charge is -2.16. The Morgan fingerprint density at radius 3 is 2.95 bits per heavy atom. The summed E-state index contributed by atoms with van der Waals surface area (Å²) in [5.41, 5.74) is 0.403. The van der Waals surface area contributed by atoms with E-state index in [0.717, 1.165) is 0 Å². The molecule has 0 aromatic carbocycles. The van der Waals surface area contributed by atoms with E-state index in [1.54, 1.807) is 6.92 Å². The van der Waals surface area contributed by atoms with Crippen molar-refractivity contribution in [2.75, 3.05) is 13.2 Å². The lowest BCUT2D eigenvalue weighted by Crippen LogP contribution is -2.35. The number of carbonyl (C=O) groups excluding carboxylic acids is 2. The van der Waals surface area contributed by atoms with Crippen LogP contribution < -0.4 is 5.32 Å². The van der Waals surface area contributed by atoms with Gasteiger partial charge in [-0.05, 0) is 26.2 Å². The maximum atomic E-state index is 12.0. The van der Waals surface area contributed by atoms with Gasteiger partial charge in [-0.3, -0.25) is 9.48 Å². The average molecular weight is 279 g/mol. The standard InChI is InChI=1S/C13H17N3O4/c1-2-20-12(18)9-8-3-6-14-11(17)10(8)16(15-9)7-13(19)4-5-13/h19H,2-7H2,1H3,(H,14,17). The van der Waals surface area contributed by atoms with Crippen LogP contribution in [0.4, 0.5) is 0 Å². The van der Waals surface area contributed by atoms with E-state index in [0.29, 0.717) is 37.1 Å². The number of carbonyl (C=O) groups is 2. The van der Waals surface area contributed by atoms with Gasteiger partial charge in [0.2, 0.25) is 0 Å². The number of nitrogens with zero attached hydrogens (tertiary/aromatic N) is 2. The molecule has 2 heterocycles. The SMILES string of the molecule is CCOC(=O)c1nn(CC2(O)CC2)c2c1CCNC2=O. The smallest absolute Gasteiger partial charge is 0.359 e. The molecule has 0 unspecified atom stereocenters. The van der Waals surface area contributed by atoms with Crippen molar-refractivity contribution in [2.24, 2.45) is 0 Å². The van der Waals surface area contributed by atoms with Crippen molar-refractivity contribution in [1.29, 1.82) is 0 Å². The largest absolute Gasteiger partial charge is 0.461 e. The molecule has 0 saturated heterocycles. The first-order valence-corrected chi connectivity index (χ1v) is 6.81. The van der Waals surface area contributed by atoms with Gasteiger partial charge in [0.1, 0.15) is 5.69 Å². The molecule has 0 bridgehead atoms. The van der Waals surface area contributed by atoms with E-state index in [4.69, 9.17) is 4.74 Å². The van der Waals surface area contributed by atoms with Gasteiger partial charge in [-0.2, -0.15) is 5.10 Å². The number of aliphatic hydroxyl groups is 1. The fraction of sp³-hybridized carbons (Fsp3) is 0.615. The van der Waals surface area contributed by atoms with Crippen LogP contribution in [0.15, 0.2) is 0 Å². The van der Waals surface area contributed by atoms with Crippen molar-refractivity contribution >= 4 is 11.9 Å². The highest BCUT2D eigenvalue weighted by Gasteiger charge is 2.43. The number of rotatable bonds is 4. The minimum Gasteiger partial charge on any atom is -0.461 e. The molecule has 7 nitrogen and oxygen atoms in total. The molecule has 0 atom stereocenters. The van der Waals surface area contributed by atoms with Gasteiger partial charge in [0.25, 0.3) is 5.91 Å². The van der Waals surface area contributed by atoms with Crippen molar-refractivity contribution in [3.63, 3.8) is 0 Å². The number of fused-ring (bicyclic) bond motifs is 1. The normalized spacial score (nSPS) is 19.2. The molecule has 0 radical (unpaired) electrons. The summed E-state index contributed by atoms with van der Waals surface area (Å²) in [4.78, 5) is 23.9. The number of nitrogens with one attached hydrogen (secondary N) is 1. The van der Waals surface area contributed by atoms with Gasteiger partial charge in [0.05, 0.1) is 18.8 Å². The van der Waals surface area contributed by atoms with E-state index in [2.05, 4.69) is 10.4 Å². The van der Waals surface area contributed by atoms with Crippen LogP contribution in [-0.2, 0) is 17.7 Å². The Hall–Kier alpha value is -1.89. The summed E-state index contributed by atoms with van der Waals surface area (Å²) in [7, 11) is 0. The molecule has 1 saturated carbocycles. The second-order valence-corrected chi connectivity index (χ2v) is 5.28. The van der Waals surface area contributed by atoms with E-state index >= 15 is 0 Å². The highest BCUT2D eigenvalue weighted by molar-refractivity contribution is 5.99. The predicted octanol–water partition coefficient (Wildman–Crippen LogP) is -0.129. The van der Waals surface area contributed by atoms with E-state index < -0.39 is 11.6 Å². The maximum absolute atomic E-state index is 12.0. The third-order valence-corrected chi connectivity index (χ3v) is 3.67. The summed E-state index contributed by atoms with van der Waals surface area (Å²) < 4.78 is 6.43. The van der Waals surface area contributed by atoms with E-state index in [9.17, 15) is 14.7 Å². The van der Waals surface area contributed by atoms with Gasteiger partial charge in [-0.15, -0.1) is 0 Å². The Bertz CT molecular complexity index is 574. The Balaban J connectivity index is 2.01. The van der Waals surface area contributed by atoms with E-state index in [1.807, 2.05) is 0 Å². The molecule has 1 fully saturated rings. The fourth-order valence-electron chi connectivity index (χ4n) is 2.43. The van der Waals surface area contributed by atoms with Gasteiger partial charge in [0.15, 0.2) is 5.69 Å². The predicted molar refractivity (Wildman–Crippen MR) is 68.4 cm³/mol. The summed E-state index contributed by atoms with van der Waals surface area (Å²) in [6.45, 7) is 2.70. The van der Waals surface area contributed by atoms with Crippen molar-refractivity contribution in [1.82, 2.24) is 15.1 Å². The second-order valence-electron chi connectivity index (χ2n) is 5.28. The highest BCUT2D eigenvalue weighted by atomic mass is 16.5. The van der Waals surface area contributed by atoms with Crippen LogP contribution in [0.3, 0.4) is 0 Å². The first kappa shape index (κ1) is 13.1. The molecular formula is C13H17N3O4. The summed E-state index contributed by atoms with van der Waals surface area (Å²) in [6, 6.07) is 0. The lowest BCUT2D eigenvalue weighted by molar-refractivity contribution is 0.0515. The minimum absolute atomic E-state index is 0.195. The van der Waals surface area contributed by atoms with Crippen molar-refractivity contribution in [3.8, 4) is 0 Å². The van der Waals surface area contributed by atoms with E-state index in [-0.39, 0.29) is 24.8 Å². The molecule has 1 aromatic rings. The molecule has 1 aliphatic carbocycles. The van der Waals surface area contributed by atoms with Gasteiger partial charge < -0.3 is 15.2 Å². The molecule has 108 valence electrons. The zero-order valence-corrected chi connectivity index (χ0v) is 11.3. The van der Waals surface area contributed by atoms with Crippen molar-refractivity contribution in [3.05, 3.63) is 17.0 Å². The quantitative estimate of drug-likeness (QED) is 0.749. The third kappa shape index (κ3) is 2.18. The number of ether oxygens (including phenoxy) is 1. The first-order chi connectivity index (χ1) is 9.54. The van der Waals surface area contributed by atoms with Gasteiger partial charge in [-0.25, -0.2) is 4.79 Å². The molecule has 1 aliphatic heterocycles. The Kier molecular flexibility index (Phi) is 3.01. The molecule has 0 spiro atoms. The molecule has 3 rings (SSSR count). The van der Waals surface area contributed by atoms with Gasteiger partial charge in [0, 0.05) is 12.1 Å². The monoisotopic (exact) mass is 279 g/mol.